The maximum Gasteiger partial charge on any atom is 0.471 e. The van der Waals surface area contributed by atoms with Gasteiger partial charge in [0.2, 0.25) is 0 Å². The van der Waals surface area contributed by atoms with E-state index in [1.165, 1.54) is 0 Å². The van der Waals surface area contributed by atoms with Crippen molar-refractivity contribution in [1.82, 2.24) is 10.2 Å². The predicted octanol–water partition coefficient (Wildman–Crippen LogP) is 4.14. The number of halogens is 3. The molecule has 1 atom stereocenters. The molecule has 1 amide bonds. The molecule has 1 unspecified atom stereocenters. The summed E-state index contributed by atoms with van der Waals surface area (Å²) >= 11 is 0. The minimum Gasteiger partial charge on any atom is -0.347 e. The molecule has 0 saturated carbocycles. The summed E-state index contributed by atoms with van der Waals surface area (Å²) in [5.74, 6) is -1.85. The zero-order chi connectivity index (χ0) is 18.5. The fraction of sp³-hybridized carbons (Fsp3) is 0.632. The molecule has 0 aromatic heterocycles. The summed E-state index contributed by atoms with van der Waals surface area (Å²) in [6.07, 6.45) is -0.938. The Kier molecular flexibility index (Phi) is 6.49. The quantitative estimate of drug-likeness (QED) is 0.831. The highest BCUT2D eigenvalue weighted by Crippen LogP contribution is 2.39. The van der Waals surface area contributed by atoms with E-state index in [-0.39, 0.29) is 18.0 Å². The van der Waals surface area contributed by atoms with Crippen molar-refractivity contribution in [2.24, 2.45) is 5.41 Å². The van der Waals surface area contributed by atoms with Gasteiger partial charge in [-0.1, -0.05) is 44.2 Å². The van der Waals surface area contributed by atoms with Gasteiger partial charge in [0.25, 0.3) is 0 Å². The average molecular weight is 356 g/mol. The zero-order valence-electron chi connectivity index (χ0n) is 14.9. The summed E-state index contributed by atoms with van der Waals surface area (Å²) in [5, 5.41) is 2.07. The first kappa shape index (κ1) is 19.8. The molecule has 1 aromatic rings. The van der Waals surface area contributed by atoms with Gasteiger partial charge in [-0.25, -0.2) is 0 Å². The largest absolute Gasteiger partial charge is 0.471 e. The lowest BCUT2D eigenvalue weighted by Crippen LogP contribution is -2.53. The van der Waals surface area contributed by atoms with Crippen molar-refractivity contribution in [3.05, 3.63) is 35.9 Å². The van der Waals surface area contributed by atoms with Crippen molar-refractivity contribution in [1.29, 1.82) is 0 Å². The molecule has 0 spiro atoms. The molecule has 3 nitrogen and oxygen atoms in total. The highest BCUT2D eigenvalue weighted by molar-refractivity contribution is 5.81. The van der Waals surface area contributed by atoms with Crippen LogP contribution in [0.4, 0.5) is 13.2 Å². The summed E-state index contributed by atoms with van der Waals surface area (Å²) in [5.41, 5.74) is 1.34. The number of hydrogen-bond acceptors (Lipinski definition) is 2. The van der Waals surface area contributed by atoms with Gasteiger partial charge in [-0.15, -0.1) is 0 Å². The van der Waals surface area contributed by atoms with Gasteiger partial charge in [-0.3, -0.25) is 9.69 Å². The van der Waals surface area contributed by atoms with E-state index >= 15 is 0 Å². The van der Waals surface area contributed by atoms with E-state index in [1.807, 2.05) is 30.3 Å². The van der Waals surface area contributed by atoms with Gasteiger partial charge >= 0.3 is 12.1 Å². The molecule has 2 rings (SSSR count). The first-order valence-corrected chi connectivity index (χ1v) is 8.92. The summed E-state index contributed by atoms with van der Waals surface area (Å²) in [7, 11) is 0. The topological polar surface area (TPSA) is 32.3 Å². The normalized spacial score (nSPS) is 21.1. The van der Waals surface area contributed by atoms with Crippen molar-refractivity contribution in [3.8, 4) is 0 Å². The Morgan fingerprint density at radius 1 is 1.24 bits per heavy atom. The van der Waals surface area contributed by atoms with E-state index in [0.717, 1.165) is 37.8 Å². The van der Waals surface area contributed by atoms with Crippen molar-refractivity contribution < 1.29 is 18.0 Å². The zero-order valence-corrected chi connectivity index (χ0v) is 14.9. The van der Waals surface area contributed by atoms with Crippen LogP contribution in [0, 0.1) is 5.41 Å². The molecule has 1 aliphatic rings. The highest BCUT2D eigenvalue weighted by Gasteiger charge is 2.41. The summed E-state index contributed by atoms with van der Waals surface area (Å²) in [4.78, 5) is 13.4. The molecule has 1 N–H and O–H groups in total. The van der Waals surface area contributed by atoms with Crippen molar-refractivity contribution in [2.75, 3.05) is 13.1 Å². The molecular weight excluding hydrogens is 329 g/mol. The third-order valence-electron chi connectivity index (χ3n) is 5.55. The Bertz CT molecular complexity index is 556. The SMILES string of the molecule is CCC1(CC)CCC(CNC(=O)C(F)(F)F)N(Cc2ccccc2)C1. The van der Waals surface area contributed by atoms with Gasteiger partial charge in [-0.2, -0.15) is 13.2 Å². The first-order valence-electron chi connectivity index (χ1n) is 8.92. The Morgan fingerprint density at radius 3 is 2.44 bits per heavy atom. The second-order valence-electron chi connectivity index (χ2n) is 7.00. The summed E-state index contributed by atoms with van der Waals surface area (Å²) < 4.78 is 37.4. The van der Waals surface area contributed by atoms with Crippen LogP contribution in [-0.4, -0.2) is 36.1 Å². The number of alkyl halides is 3. The first-order chi connectivity index (χ1) is 11.8. The van der Waals surface area contributed by atoms with Gasteiger partial charge in [0.05, 0.1) is 0 Å². The number of rotatable bonds is 6. The van der Waals surface area contributed by atoms with Crippen LogP contribution in [0.15, 0.2) is 30.3 Å². The number of nitrogens with one attached hydrogen (secondary N) is 1. The maximum absolute atomic E-state index is 12.5. The third-order valence-corrected chi connectivity index (χ3v) is 5.55. The number of nitrogens with zero attached hydrogens (tertiary/aromatic N) is 1. The third kappa shape index (κ3) is 5.21. The minimum absolute atomic E-state index is 0.0364. The molecule has 6 heteroatoms. The monoisotopic (exact) mass is 356 g/mol. The number of hydrogen-bond donors (Lipinski definition) is 1. The van der Waals surface area contributed by atoms with Gasteiger partial charge in [0.1, 0.15) is 0 Å². The molecule has 140 valence electrons. The molecule has 0 aliphatic carbocycles. The lowest BCUT2D eigenvalue weighted by molar-refractivity contribution is -0.174. The standard InChI is InChI=1S/C19H27F3N2O/c1-3-18(4-2)11-10-16(12-23-17(25)19(20,21)22)24(14-18)13-15-8-6-5-7-9-15/h5-9,16H,3-4,10-14H2,1-2H3,(H,23,25). The highest BCUT2D eigenvalue weighted by atomic mass is 19.4. The van der Waals surface area contributed by atoms with Crippen LogP contribution in [-0.2, 0) is 11.3 Å². The van der Waals surface area contributed by atoms with Crippen LogP contribution < -0.4 is 5.32 Å². The summed E-state index contributed by atoms with van der Waals surface area (Å²) in [6.45, 7) is 5.93. The van der Waals surface area contributed by atoms with Gasteiger partial charge in [0, 0.05) is 25.7 Å². The van der Waals surface area contributed by atoms with Gasteiger partial charge in [-0.05, 0) is 36.7 Å². The number of carbonyl (C=O) groups is 1. The molecule has 25 heavy (non-hydrogen) atoms. The Morgan fingerprint density at radius 2 is 1.88 bits per heavy atom. The van der Waals surface area contributed by atoms with Crippen LogP contribution >= 0.6 is 0 Å². The number of piperidine rings is 1. The molecule has 0 radical (unpaired) electrons. The van der Waals surface area contributed by atoms with E-state index in [0.29, 0.717) is 6.54 Å². The Labute approximate surface area is 147 Å². The van der Waals surface area contributed by atoms with Crippen LogP contribution in [0.25, 0.3) is 0 Å². The van der Waals surface area contributed by atoms with Crippen LogP contribution in [0.2, 0.25) is 0 Å². The summed E-state index contributed by atoms with van der Waals surface area (Å²) in [6, 6.07) is 9.86. The van der Waals surface area contributed by atoms with Crippen LogP contribution in [0.1, 0.15) is 45.1 Å². The van der Waals surface area contributed by atoms with Crippen molar-refractivity contribution >= 4 is 5.91 Å². The van der Waals surface area contributed by atoms with Crippen molar-refractivity contribution in [3.63, 3.8) is 0 Å². The minimum atomic E-state index is -4.82. The van der Waals surface area contributed by atoms with Crippen LogP contribution in [0.5, 0.6) is 0 Å². The Balaban J connectivity index is 2.09. The molecule has 1 aromatic carbocycles. The predicted molar refractivity (Wildman–Crippen MR) is 92.0 cm³/mol. The van der Waals surface area contributed by atoms with Gasteiger partial charge < -0.3 is 5.32 Å². The fourth-order valence-electron chi connectivity index (χ4n) is 3.67. The number of carbonyl (C=O) groups excluding carboxylic acids is 1. The number of benzene rings is 1. The van der Waals surface area contributed by atoms with Crippen molar-refractivity contribution in [2.45, 2.75) is 58.3 Å². The van der Waals surface area contributed by atoms with E-state index in [4.69, 9.17) is 0 Å². The van der Waals surface area contributed by atoms with E-state index in [1.54, 1.807) is 0 Å². The molecule has 1 fully saturated rings. The van der Waals surface area contributed by atoms with Crippen LogP contribution in [0.3, 0.4) is 0 Å². The Hall–Kier alpha value is -1.56. The molecule has 1 heterocycles. The maximum atomic E-state index is 12.5. The average Bonchev–Trinajstić information content (AvgIpc) is 2.60. The lowest BCUT2D eigenvalue weighted by Gasteiger charge is -2.47. The second kappa shape index (κ2) is 8.21. The lowest BCUT2D eigenvalue weighted by atomic mass is 9.73. The second-order valence-corrected chi connectivity index (χ2v) is 7.00. The van der Waals surface area contributed by atoms with Gasteiger partial charge in [0.15, 0.2) is 0 Å². The molecule has 0 bridgehead atoms. The smallest absolute Gasteiger partial charge is 0.347 e. The molecular formula is C19H27F3N2O. The molecule has 1 saturated heterocycles. The number of amides is 1. The molecule has 1 aliphatic heterocycles. The van der Waals surface area contributed by atoms with E-state index < -0.39 is 12.1 Å². The fourth-order valence-corrected chi connectivity index (χ4v) is 3.67. The van der Waals surface area contributed by atoms with E-state index in [2.05, 4.69) is 24.1 Å². The number of likely N-dealkylation sites (tertiary alicyclic amines) is 1. The van der Waals surface area contributed by atoms with E-state index in [9.17, 15) is 18.0 Å².